The van der Waals surface area contributed by atoms with E-state index in [0.29, 0.717) is 0 Å². The summed E-state index contributed by atoms with van der Waals surface area (Å²) in [5.74, 6) is -1.81. The van der Waals surface area contributed by atoms with Crippen molar-refractivity contribution in [1.82, 2.24) is 0 Å². The predicted molar refractivity (Wildman–Crippen MR) is 166 cm³/mol. The molecule has 0 bridgehead atoms. The molecule has 0 atom stereocenters. The molecule has 0 spiro atoms. The van der Waals surface area contributed by atoms with Crippen molar-refractivity contribution in [3.05, 3.63) is 0 Å². The third-order valence-corrected chi connectivity index (χ3v) is 7.47. The van der Waals surface area contributed by atoms with E-state index in [1.807, 2.05) is 0 Å². The van der Waals surface area contributed by atoms with Crippen molar-refractivity contribution in [2.45, 2.75) is 206 Å². The smallest absolute Gasteiger partial charge is 1.00 e. The van der Waals surface area contributed by atoms with Crippen LogP contribution in [0.3, 0.4) is 0 Å². The summed E-state index contributed by atoms with van der Waals surface area (Å²) in [6.45, 7) is 4.52. The molecule has 40 heavy (non-hydrogen) atoms. The van der Waals surface area contributed by atoms with Gasteiger partial charge in [-0.1, -0.05) is 181 Å². The molecule has 0 saturated heterocycles. The normalized spacial score (nSPS) is 10.2. The standard InChI is InChI=1S/2C17H34O2.Al.ClH/c2*1-2-3-4-5-6-7-8-9-10-11-12-13-14-15-16-17(18)19;;/h2*2-16H2,1H3,(H,18,19);;1H/q;;+3;/p-3. The van der Waals surface area contributed by atoms with E-state index in [-0.39, 0.29) is 42.6 Å². The van der Waals surface area contributed by atoms with Crippen molar-refractivity contribution in [1.29, 1.82) is 0 Å². The van der Waals surface area contributed by atoms with Gasteiger partial charge in [-0.2, -0.15) is 0 Å². The number of carbonyl (C=O) groups excluding carboxylic acids is 2. The molecule has 0 fully saturated rings. The van der Waals surface area contributed by atoms with Gasteiger partial charge in [0.25, 0.3) is 0 Å². The molecular formula is C34H66AlClO4. The largest absolute Gasteiger partial charge is 3.00 e. The number of carboxylic acids is 2. The van der Waals surface area contributed by atoms with Crippen LogP contribution in [0.25, 0.3) is 0 Å². The van der Waals surface area contributed by atoms with Gasteiger partial charge in [-0.15, -0.1) is 0 Å². The Labute approximate surface area is 267 Å². The van der Waals surface area contributed by atoms with Crippen molar-refractivity contribution in [2.24, 2.45) is 0 Å². The fraction of sp³-hybridized carbons (Fsp3) is 0.941. The Morgan fingerprint density at radius 1 is 0.350 bits per heavy atom. The first-order chi connectivity index (χ1) is 18.5. The minimum Gasteiger partial charge on any atom is -1.00 e. The minimum absolute atomic E-state index is 0. The number of unbranched alkanes of at least 4 members (excludes halogenated alkanes) is 26. The average Bonchev–Trinajstić information content (AvgIpc) is 2.89. The van der Waals surface area contributed by atoms with E-state index in [4.69, 9.17) is 0 Å². The number of rotatable bonds is 30. The zero-order valence-electron chi connectivity index (χ0n) is 26.8. The van der Waals surface area contributed by atoms with Crippen LogP contribution < -0.4 is 22.6 Å². The quantitative estimate of drug-likeness (QED) is 0.0766. The molecule has 236 valence electrons. The zero-order chi connectivity index (χ0) is 28.4. The van der Waals surface area contributed by atoms with Gasteiger partial charge in [0.05, 0.1) is 0 Å². The van der Waals surface area contributed by atoms with Crippen LogP contribution in [0, 0.1) is 0 Å². The number of halogens is 1. The molecule has 0 radical (unpaired) electrons. The Bertz CT molecular complexity index is 435. The van der Waals surface area contributed by atoms with Crippen LogP contribution in [-0.2, 0) is 9.59 Å². The van der Waals surface area contributed by atoms with Crippen molar-refractivity contribution in [2.75, 3.05) is 0 Å². The van der Waals surface area contributed by atoms with Gasteiger partial charge in [0, 0.05) is 11.9 Å². The van der Waals surface area contributed by atoms with Gasteiger partial charge in [-0.05, 0) is 25.7 Å². The van der Waals surface area contributed by atoms with E-state index in [2.05, 4.69) is 13.8 Å². The summed E-state index contributed by atoms with van der Waals surface area (Å²) in [6.07, 6.45) is 36.8. The predicted octanol–water partition coefficient (Wildman–Crippen LogP) is 5.84. The van der Waals surface area contributed by atoms with Crippen LogP contribution in [-0.4, -0.2) is 29.3 Å². The molecule has 6 heteroatoms. The first kappa shape index (κ1) is 46.7. The van der Waals surface area contributed by atoms with E-state index < -0.39 is 11.9 Å². The molecule has 0 aliphatic carbocycles. The third kappa shape index (κ3) is 50.6. The SMILES string of the molecule is CCCCCCCCCCCCCCCCC(=O)[O-].CCCCCCCCCCCCCCCCC(=O)[O-].[Al+3].[Cl-]. The van der Waals surface area contributed by atoms with Crippen LogP contribution in [0.4, 0.5) is 0 Å². The van der Waals surface area contributed by atoms with Crippen molar-refractivity contribution in [3.8, 4) is 0 Å². The second kappa shape index (κ2) is 43.2. The summed E-state index contributed by atoms with van der Waals surface area (Å²) < 4.78 is 0. The fourth-order valence-corrected chi connectivity index (χ4v) is 4.93. The van der Waals surface area contributed by atoms with Gasteiger partial charge in [0.2, 0.25) is 0 Å². The van der Waals surface area contributed by atoms with Crippen molar-refractivity contribution >= 4 is 29.3 Å². The molecule has 0 aromatic rings. The maximum absolute atomic E-state index is 10.2. The summed E-state index contributed by atoms with van der Waals surface area (Å²) in [4.78, 5) is 20.4. The zero-order valence-corrected chi connectivity index (χ0v) is 28.7. The van der Waals surface area contributed by atoms with Crippen LogP contribution in [0.1, 0.15) is 206 Å². The van der Waals surface area contributed by atoms with Gasteiger partial charge >= 0.3 is 17.4 Å². The molecule has 0 amide bonds. The van der Waals surface area contributed by atoms with E-state index in [1.54, 1.807) is 0 Å². The third-order valence-electron chi connectivity index (χ3n) is 7.47. The maximum atomic E-state index is 10.2. The van der Waals surface area contributed by atoms with Gasteiger partial charge in [-0.3, -0.25) is 0 Å². The van der Waals surface area contributed by atoms with Gasteiger partial charge in [-0.25, -0.2) is 0 Å². The average molecular weight is 601 g/mol. The Kier molecular flexibility index (Phi) is 50.5. The molecule has 0 N–H and O–H groups in total. The number of carbonyl (C=O) groups is 2. The van der Waals surface area contributed by atoms with Crippen LogP contribution in [0.2, 0.25) is 0 Å². The summed E-state index contributed by atoms with van der Waals surface area (Å²) in [5, 5.41) is 20.4. The summed E-state index contributed by atoms with van der Waals surface area (Å²) in [5.41, 5.74) is 0. The number of carboxylic acid groups (broad SMARTS) is 2. The molecule has 0 saturated carbocycles. The summed E-state index contributed by atoms with van der Waals surface area (Å²) in [7, 11) is 0. The first-order valence-electron chi connectivity index (χ1n) is 16.9. The molecule has 0 aliphatic heterocycles. The fourth-order valence-electron chi connectivity index (χ4n) is 4.93. The molecular weight excluding hydrogens is 535 g/mol. The Morgan fingerprint density at radius 3 is 0.650 bits per heavy atom. The van der Waals surface area contributed by atoms with E-state index in [9.17, 15) is 19.8 Å². The van der Waals surface area contributed by atoms with E-state index in [0.717, 1.165) is 25.7 Å². The van der Waals surface area contributed by atoms with E-state index in [1.165, 1.54) is 154 Å². The van der Waals surface area contributed by atoms with E-state index >= 15 is 0 Å². The number of hydrogen-bond donors (Lipinski definition) is 0. The van der Waals surface area contributed by atoms with Crippen LogP contribution in [0.15, 0.2) is 0 Å². The van der Waals surface area contributed by atoms with Gasteiger partial charge in [0.1, 0.15) is 0 Å². The molecule has 0 aromatic carbocycles. The molecule has 0 rings (SSSR count). The second-order valence-corrected chi connectivity index (χ2v) is 11.4. The maximum Gasteiger partial charge on any atom is 3.00 e. The molecule has 0 aromatic heterocycles. The molecule has 0 unspecified atom stereocenters. The minimum atomic E-state index is -0.904. The Hall–Kier alpha value is -0.238. The second-order valence-electron chi connectivity index (χ2n) is 11.4. The molecule has 4 nitrogen and oxygen atoms in total. The first-order valence-corrected chi connectivity index (χ1v) is 16.9. The van der Waals surface area contributed by atoms with Crippen LogP contribution >= 0.6 is 0 Å². The monoisotopic (exact) mass is 600 g/mol. The number of aliphatic carboxylic acids is 2. The van der Waals surface area contributed by atoms with Gasteiger partial charge in [0.15, 0.2) is 0 Å². The molecule has 0 aliphatic rings. The van der Waals surface area contributed by atoms with Crippen molar-refractivity contribution < 1.29 is 32.2 Å². The summed E-state index contributed by atoms with van der Waals surface area (Å²) >= 11 is 0. The topological polar surface area (TPSA) is 80.3 Å². The summed E-state index contributed by atoms with van der Waals surface area (Å²) in [6, 6.07) is 0. The Balaban J connectivity index is -0.000000309. The van der Waals surface area contributed by atoms with Crippen molar-refractivity contribution in [3.63, 3.8) is 0 Å². The van der Waals surface area contributed by atoms with Gasteiger partial charge < -0.3 is 32.2 Å². The van der Waals surface area contributed by atoms with Crippen LogP contribution in [0.5, 0.6) is 0 Å². The number of hydrogen-bond acceptors (Lipinski definition) is 4. The Morgan fingerprint density at radius 2 is 0.500 bits per heavy atom. The molecule has 0 heterocycles.